The van der Waals surface area contributed by atoms with Crippen LogP contribution < -0.4 is 0 Å². The summed E-state index contributed by atoms with van der Waals surface area (Å²) in [7, 11) is 0. The van der Waals surface area contributed by atoms with Crippen molar-refractivity contribution in [3.05, 3.63) is 0 Å². The van der Waals surface area contributed by atoms with Crippen LogP contribution in [0.1, 0.15) is 27.7 Å². The van der Waals surface area contributed by atoms with E-state index in [0.29, 0.717) is 0 Å². The van der Waals surface area contributed by atoms with E-state index in [0.717, 1.165) is 11.5 Å². The lowest BCUT2D eigenvalue weighted by atomic mass is 10.2. The van der Waals surface area contributed by atoms with Crippen LogP contribution in [0.15, 0.2) is 0 Å². The van der Waals surface area contributed by atoms with Gasteiger partial charge in [-0.1, -0.05) is 27.7 Å². The molecule has 0 aliphatic heterocycles. The molecule has 11 heavy (non-hydrogen) atoms. The van der Waals surface area contributed by atoms with Crippen LogP contribution in [0.4, 0.5) is 0 Å². The first kappa shape index (κ1) is 12.0. The van der Waals surface area contributed by atoms with Crippen LogP contribution in [0.3, 0.4) is 0 Å². The summed E-state index contributed by atoms with van der Waals surface area (Å²) < 4.78 is 0.285. The van der Waals surface area contributed by atoms with Gasteiger partial charge in [0.05, 0.1) is 0 Å². The minimum absolute atomic E-state index is 0.143. The monoisotopic (exact) mass is 210 g/mol. The summed E-state index contributed by atoms with van der Waals surface area (Å²) in [4.78, 5) is 0. The van der Waals surface area contributed by atoms with Crippen LogP contribution in [0.25, 0.3) is 0 Å². The van der Waals surface area contributed by atoms with Gasteiger partial charge >= 0.3 is 0 Å². The second kappa shape index (κ2) is 4.33. The van der Waals surface area contributed by atoms with Crippen LogP contribution in [0.5, 0.6) is 0 Å². The van der Waals surface area contributed by atoms with Gasteiger partial charge in [-0.15, -0.1) is 0 Å². The summed E-state index contributed by atoms with van der Waals surface area (Å²) in [5.41, 5.74) is 0. The largest absolute Gasteiger partial charge is 0.172 e. The van der Waals surface area contributed by atoms with Gasteiger partial charge < -0.3 is 0 Å². The Morgan fingerprint density at radius 2 is 1.18 bits per heavy atom. The fourth-order valence-electron chi connectivity index (χ4n) is 0.551. The molecule has 3 heteroatoms. The molecule has 0 radical (unpaired) electrons. The molecule has 0 fully saturated rings. The molecular formula is C8H18S3. The maximum absolute atomic E-state index is 4.44. The molecule has 0 aromatic rings. The second-order valence-corrected chi connectivity index (χ2v) is 7.52. The molecule has 0 aliphatic carbocycles. The summed E-state index contributed by atoms with van der Waals surface area (Å²) in [6.07, 6.45) is 0. The molecule has 0 saturated heterocycles. The highest BCUT2D eigenvalue weighted by atomic mass is 32.2. The predicted molar refractivity (Wildman–Crippen MR) is 63.5 cm³/mol. The highest BCUT2D eigenvalue weighted by Gasteiger charge is 2.15. The fourth-order valence-corrected chi connectivity index (χ4v) is 2.20. The molecule has 0 atom stereocenters. The molecule has 0 amide bonds. The summed E-state index contributed by atoms with van der Waals surface area (Å²) in [5.74, 6) is 2.17. The topological polar surface area (TPSA) is 0 Å². The maximum Gasteiger partial charge on any atom is 0.0164 e. The number of thiol groups is 2. The van der Waals surface area contributed by atoms with Crippen molar-refractivity contribution in [3.63, 3.8) is 0 Å². The zero-order chi connectivity index (χ0) is 9.12. The van der Waals surface area contributed by atoms with Crippen molar-refractivity contribution in [3.8, 4) is 0 Å². The first-order valence-corrected chi connectivity index (χ1v) is 5.78. The Balaban J connectivity index is 3.44. The van der Waals surface area contributed by atoms with Crippen molar-refractivity contribution in [1.82, 2.24) is 0 Å². The number of thioether (sulfide) groups is 1. The van der Waals surface area contributed by atoms with Crippen molar-refractivity contribution in [1.29, 1.82) is 0 Å². The minimum atomic E-state index is 0.143. The van der Waals surface area contributed by atoms with E-state index in [9.17, 15) is 0 Å². The Hall–Kier alpha value is 1.05. The highest BCUT2D eigenvalue weighted by Crippen LogP contribution is 2.24. The van der Waals surface area contributed by atoms with Gasteiger partial charge in [-0.2, -0.15) is 37.0 Å². The minimum Gasteiger partial charge on any atom is -0.172 e. The number of rotatable bonds is 4. The summed E-state index contributed by atoms with van der Waals surface area (Å²) in [6, 6.07) is 0. The molecule has 0 rings (SSSR count). The Morgan fingerprint density at radius 3 is 1.36 bits per heavy atom. The van der Waals surface area contributed by atoms with E-state index < -0.39 is 0 Å². The van der Waals surface area contributed by atoms with Crippen LogP contribution in [0.2, 0.25) is 0 Å². The highest BCUT2D eigenvalue weighted by molar-refractivity contribution is 8.01. The number of hydrogen-bond acceptors (Lipinski definition) is 3. The van der Waals surface area contributed by atoms with E-state index in [1.807, 2.05) is 11.8 Å². The summed E-state index contributed by atoms with van der Waals surface area (Å²) in [5, 5.41) is 0. The Kier molecular flexibility index (Phi) is 4.75. The van der Waals surface area contributed by atoms with Gasteiger partial charge in [0.2, 0.25) is 0 Å². The quantitative estimate of drug-likeness (QED) is 0.672. The molecule has 0 unspecified atom stereocenters. The average Bonchev–Trinajstić information content (AvgIpc) is 1.55. The van der Waals surface area contributed by atoms with E-state index in [1.165, 1.54) is 0 Å². The van der Waals surface area contributed by atoms with Crippen LogP contribution >= 0.6 is 37.0 Å². The second-order valence-electron chi connectivity index (χ2n) is 4.12. The Morgan fingerprint density at radius 1 is 0.909 bits per heavy atom. The molecule has 0 N–H and O–H groups in total. The lowest BCUT2D eigenvalue weighted by molar-refractivity contribution is 0.805. The van der Waals surface area contributed by atoms with Crippen molar-refractivity contribution in [2.45, 2.75) is 37.2 Å². The van der Waals surface area contributed by atoms with E-state index in [-0.39, 0.29) is 9.49 Å². The smallest absolute Gasteiger partial charge is 0.0164 e. The molecule has 68 valence electrons. The third-order valence-electron chi connectivity index (χ3n) is 0.911. The van der Waals surface area contributed by atoms with E-state index >= 15 is 0 Å². The molecular weight excluding hydrogens is 192 g/mol. The summed E-state index contributed by atoms with van der Waals surface area (Å²) in [6.45, 7) is 8.53. The molecule has 0 bridgehead atoms. The zero-order valence-corrected chi connectivity index (χ0v) is 10.3. The third-order valence-corrected chi connectivity index (χ3v) is 3.51. The van der Waals surface area contributed by atoms with Crippen molar-refractivity contribution in [2.24, 2.45) is 0 Å². The molecule has 0 saturated carbocycles. The zero-order valence-electron chi connectivity index (χ0n) is 7.72. The lowest BCUT2D eigenvalue weighted by Crippen LogP contribution is -2.19. The van der Waals surface area contributed by atoms with Crippen molar-refractivity contribution in [2.75, 3.05) is 11.5 Å². The van der Waals surface area contributed by atoms with Gasteiger partial charge in [0, 0.05) is 21.0 Å². The fraction of sp³-hybridized carbons (Fsp3) is 1.00. The van der Waals surface area contributed by atoms with E-state index in [1.54, 1.807) is 0 Å². The van der Waals surface area contributed by atoms with Crippen LogP contribution in [0, 0.1) is 0 Å². The van der Waals surface area contributed by atoms with E-state index in [2.05, 4.69) is 53.0 Å². The number of hydrogen-bond donors (Lipinski definition) is 2. The lowest BCUT2D eigenvalue weighted by Gasteiger charge is -2.21. The Labute approximate surface area is 85.7 Å². The molecule has 0 spiro atoms. The maximum atomic E-state index is 4.44. The molecule has 0 heterocycles. The first-order valence-electron chi connectivity index (χ1n) is 3.73. The molecule has 0 aromatic heterocycles. The SMILES string of the molecule is CC(C)(S)CSCC(C)(C)S. The molecule has 0 aromatic carbocycles. The van der Waals surface area contributed by atoms with Gasteiger partial charge in [0.25, 0.3) is 0 Å². The van der Waals surface area contributed by atoms with Gasteiger partial charge in [-0.25, -0.2) is 0 Å². The normalized spacial score (nSPS) is 13.6. The summed E-state index contributed by atoms with van der Waals surface area (Å²) >= 11 is 10.8. The van der Waals surface area contributed by atoms with Crippen molar-refractivity contribution < 1.29 is 0 Å². The van der Waals surface area contributed by atoms with Crippen LogP contribution in [-0.2, 0) is 0 Å². The molecule has 0 aliphatic rings. The predicted octanol–water partition coefficient (Wildman–Crippen LogP) is 3.14. The van der Waals surface area contributed by atoms with Crippen molar-refractivity contribution >= 4 is 37.0 Å². The average molecular weight is 210 g/mol. The van der Waals surface area contributed by atoms with Gasteiger partial charge in [0.15, 0.2) is 0 Å². The van der Waals surface area contributed by atoms with Gasteiger partial charge in [0.1, 0.15) is 0 Å². The standard InChI is InChI=1S/C8H18S3/c1-7(2,9)5-11-6-8(3,4)10/h9-10H,5-6H2,1-4H3. The van der Waals surface area contributed by atoms with Gasteiger partial charge in [-0.05, 0) is 0 Å². The van der Waals surface area contributed by atoms with E-state index in [4.69, 9.17) is 0 Å². The van der Waals surface area contributed by atoms with Crippen LogP contribution in [-0.4, -0.2) is 21.0 Å². The molecule has 0 nitrogen and oxygen atoms in total. The third kappa shape index (κ3) is 11.0. The Bertz CT molecular complexity index is 93.5. The van der Waals surface area contributed by atoms with Gasteiger partial charge in [-0.3, -0.25) is 0 Å². The first-order chi connectivity index (χ1) is 4.71.